The van der Waals surface area contributed by atoms with Crippen molar-refractivity contribution in [3.05, 3.63) is 107 Å². The molecule has 0 bridgehead atoms. The van der Waals surface area contributed by atoms with E-state index in [0.29, 0.717) is 28.3 Å². The van der Waals surface area contributed by atoms with Crippen molar-refractivity contribution in [2.24, 2.45) is 0 Å². The standard InChI is InChI=1S/C27H22F2N4O2/c1-3-17-7-9-18(10-8-17)25-31-26(35-32-25)23-16(2)33(22-13-11-20(28)12-14-22)27(34)30-24(23)19-5-4-6-21(29)15-19/h4-15,24H,3H2,1-2H3,(H,30,34). The van der Waals surface area contributed by atoms with Crippen molar-refractivity contribution in [2.75, 3.05) is 4.90 Å². The number of carbonyl (C=O) groups is 1. The lowest BCUT2D eigenvalue weighted by Gasteiger charge is -2.35. The number of nitrogens with zero attached hydrogens (tertiary/aromatic N) is 3. The van der Waals surface area contributed by atoms with Gasteiger partial charge in [0.05, 0.1) is 17.3 Å². The second kappa shape index (κ2) is 9.13. The van der Waals surface area contributed by atoms with Crippen LogP contribution in [0, 0.1) is 11.6 Å². The molecular weight excluding hydrogens is 450 g/mol. The van der Waals surface area contributed by atoms with Gasteiger partial charge < -0.3 is 9.84 Å². The molecule has 0 spiro atoms. The van der Waals surface area contributed by atoms with Crippen molar-refractivity contribution in [3.8, 4) is 11.4 Å². The number of hydrogen-bond acceptors (Lipinski definition) is 4. The van der Waals surface area contributed by atoms with Crippen LogP contribution in [0.4, 0.5) is 19.3 Å². The number of allylic oxidation sites excluding steroid dienone is 1. The number of carbonyl (C=O) groups excluding carboxylic acids is 1. The second-order valence-electron chi connectivity index (χ2n) is 8.22. The Kier molecular flexibility index (Phi) is 5.86. The first kappa shape index (κ1) is 22.5. The third-order valence-electron chi connectivity index (χ3n) is 6.03. The smallest absolute Gasteiger partial charge is 0.326 e. The third-order valence-corrected chi connectivity index (χ3v) is 6.03. The third kappa shape index (κ3) is 4.30. The van der Waals surface area contributed by atoms with E-state index in [4.69, 9.17) is 4.52 Å². The first-order valence-corrected chi connectivity index (χ1v) is 11.2. The van der Waals surface area contributed by atoms with E-state index in [0.717, 1.165) is 12.0 Å². The number of aromatic nitrogens is 2. The van der Waals surface area contributed by atoms with Gasteiger partial charge in [0.15, 0.2) is 0 Å². The Morgan fingerprint density at radius 2 is 1.74 bits per heavy atom. The lowest BCUT2D eigenvalue weighted by atomic mass is 9.94. The first-order valence-electron chi connectivity index (χ1n) is 11.2. The van der Waals surface area contributed by atoms with Crippen molar-refractivity contribution < 1.29 is 18.1 Å². The maximum Gasteiger partial charge on any atom is 0.326 e. The molecule has 4 aromatic rings. The van der Waals surface area contributed by atoms with Gasteiger partial charge >= 0.3 is 6.03 Å². The molecule has 5 rings (SSSR count). The van der Waals surface area contributed by atoms with E-state index < -0.39 is 23.7 Å². The Labute approximate surface area is 200 Å². The summed E-state index contributed by atoms with van der Waals surface area (Å²) in [6, 6.07) is 18.2. The summed E-state index contributed by atoms with van der Waals surface area (Å²) in [6.45, 7) is 3.82. The molecule has 1 aliphatic rings. The number of urea groups is 1. The summed E-state index contributed by atoms with van der Waals surface area (Å²) in [7, 11) is 0. The monoisotopic (exact) mass is 472 g/mol. The molecule has 0 saturated heterocycles. The zero-order valence-corrected chi connectivity index (χ0v) is 19.1. The molecule has 176 valence electrons. The molecule has 0 radical (unpaired) electrons. The van der Waals surface area contributed by atoms with Crippen LogP contribution < -0.4 is 10.2 Å². The van der Waals surface area contributed by atoms with E-state index in [2.05, 4.69) is 22.4 Å². The number of nitrogens with one attached hydrogen (secondary N) is 1. The average molecular weight is 472 g/mol. The van der Waals surface area contributed by atoms with Crippen molar-refractivity contribution in [1.29, 1.82) is 0 Å². The van der Waals surface area contributed by atoms with Gasteiger partial charge in [0, 0.05) is 11.3 Å². The van der Waals surface area contributed by atoms with Gasteiger partial charge in [0.1, 0.15) is 11.6 Å². The SMILES string of the molecule is CCc1ccc(-c2noc(C3=C(C)N(c4ccc(F)cc4)C(=O)NC3c3cccc(F)c3)n2)cc1. The largest absolute Gasteiger partial charge is 0.334 e. The fraction of sp³-hybridized carbons (Fsp3) is 0.148. The number of anilines is 1. The van der Waals surface area contributed by atoms with Crippen LogP contribution in [0.25, 0.3) is 17.0 Å². The molecule has 35 heavy (non-hydrogen) atoms. The van der Waals surface area contributed by atoms with Crippen molar-refractivity contribution >= 4 is 17.3 Å². The summed E-state index contributed by atoms with van der Waals surface area (Å²) in [6.07, 6.45) is 0.915. The Bertz CT molecular complexity index is 1410. The van der Waals surface area contributed by atoms with E-state index in [-0.39, 0.29) is 5.89 Å². The van der Waals surface area contributed by atoms with Gasteiger partial charge in [-0.05, 0) is 60.9 Å². The topological polar surface area (TPSA) is 71.3 Å². The molecule has 6 nitrogen and oxygen atoms in total. The molecule has 1 aromatic heterocycles. The molecule has 8 heteroatoms. The number of hydrogen-bond donors (Lipinski definition) is 1. The quantitative estimate of drug-likeness (QED) is 0.371. The zero-order chi connectivity index (χ0) is 24.5. The predicted molar refractivity (Wildman–Crippen MR) is 128 cm³/mol. The van der Waals surface area contributed by atoms with Crippen molar-refractivity contribution in [1.82, 2.24) is 15.5 Å². The summed E-state index contributed by atoms with van der Waals surface area (Å²) in [4.78, 5) is 19.2. The zero-order valence-electron chi connectivity index (χ0n) is 19.1. The van der Waals surface area contributed by atoms with Gasteiger partial charge in [-0.1, -0.05) is 48.5 Å². The number of amides is 2. The van der Waals surface area contributed by atoms with Crippen LogP contribution in [0.3, 0.4) is 0 Å². The van der Waals surface area contributed by atoms with Crippen LogP contribution in [0.5, 0.6) is 0 Å². The maximum absolute atomic E-state index is 14.1. The van der Waals surface area contributed by atoms with E-state index in [1.807, 2.05) is 24.3 Å². The average Bonchev–Trinajstić information content (AvgIpc) is 3.34. The summed E-state index contributed by atoms with van der Waals surface area (Å²) < 4.78 is 33.3. The number of aryl methyl sites for hydroxylation is 1. The van der Waals surface area contributed by atoms with E-state index >= 15 is 0 Å². The van der Waals surface area contributed by atoms with Gasteiger partial charge in [-0.3, -0.25) is 4.90 Å². The predicted octanol–water partition coefficient (Wildman–Crippen LogP) is 6.28. The molecular formula is C27H22F2N4O2. The number of rotatable bonds is 5. The molecule has 3 aromatic carbocycles. The molecule has 1 N–H and O–H groups in total. The minimum Gasteiger partial charge on any atom is -0.334 e. The van der Waals surface area contributed by atoms with Crippen molar-refractivity contribution in [3.63, 3.8) is 0 Å². The first-order chi connectivity index (χ1) is 16.9. The number of halogens is 2. The summed E-state index contributed by atoms with van der Waals surface area (Å²) in [5, 5.41) is 7.06. The van der Waals surface area contributed by atoms with Crippen LogP contribution in [0.2, 0.25) is 0 Å². The van der Waals surface area contributed by atoms with E-state index in [1.54, 1.807) is 19.1 Å². The highest BCUT2D eigenvalue weighted by atomic mass is 19.1. The Morgan fingerprint density at radius 1 is 1.00 bits per heavy atom. The van der Waals surface area contributed by atoms with Gasteiger partial charge in [0.25, 0.3) is 5.89 Å². The minimum atomic E-state index is -0.731. The molecule has 1 aliphatic heterocycles. The second-order valence-corrected chi connectivity index (χ2v) is 8.22. The molecule has 1 atom stereocenters. The Balaban J connectivity index is 1.63. The maximum atomic E-state index is 14.1. The molecule has 0 aliphatic carbocycles. The Hall–Kier alpha value is -4.33. The summed E-state index contributed by atoms with van der Waals surface area (Å²) >= 11 is 0. The minimum absolute atomic E-state index is 0.193. The fourth-order valence-electron chi connectivity index (χ4n) is 4.20. The summed E-state index contributed by atoms with van der Waals surface area (Å²) in [5.41, 5.74) is 3.99. The lowest BCUT2D eigenvalue weighted by Crippen LogP contribution is -2.46. The Morgan fingerprint density at radius 3 is 2.43 bits per heavy atom. The lowest BCUT2D eigenvalue weighted by molar-refractivity contribution is 0.244. The fourth-order valence-corrected chi connectivity index (χ4v) is 4.20. The van der Waals surface area contributed by atoms with Crippen molar-refractivity contribution in [2.45, 2.75) is 26.3 Å². The van der Waals surface area contributed by atoms with Crippen LogP contribution in [-0.2, 0) is 6.42 Å². The molecule has 2 amide bonds. The summed E-state index contributed by atoms with van der Waals surface area (Å²) in [5.74, 6) is -0.261. The van der Waals surface area contributed by atoms with Gasteiger partial charge in [-0.2, -0.15) is 4.98 Å². The van der Waals surface area contributed by atoms with Gasteiger partial charge in [-0.25, -0.2) is 13.6 Å². The van der Waals surface area contributed by atoms with Crippen LogP contribution >= 0.6 is 0 Å². The highest BCUT2D eigenvalue weighted by Gasteiger charge is 2.36. The van der Waals surface area contributed by atoms with Crippen LogP contribution in [0.1, 0.15) is 36.9 Å². The molecule has 0 saturated carbocycles. The van der Waals surface area contributed by atoms with E-state index in [1.165, 1.54) is 46.9 Å². The highest BCUT2D eigenvalue weighted by molar-refractivity contribution is 6.01. The van der Waals surface area contributed by atoms with Gasteiger partial charge in [0.2, 0.25) is 5.82 Å². The van der Waals surface area contributed by atoms with Crippen LogP contribution in [-0.4, -0.2) is 16.2 Å². The number of benzene rings is 3. The molecule has 0 fully saturated rings. The van der Waals surface area contributed by atoms with Gasteiger partial charge in [-0.15, -0.1) is 0 Å². The normalized spacial score (nSPS) is 15.9. The highest BCUT2D eigenvalue weighted by Crippen LogP contribution is 2.39. The van der Waals surface area contributed by atoms with Crippen LogP contribution in [0.15, 0.2) is 83.0 Å². The molecule has 1 unspecified atom stereocenters. The molecule has 2 heterocycles. The van der Waals surface area contributed by atoms with E-state index in [9.17, 15) is 13.6 Å².